The van der Waals surface area contributed by atoms with Crippen molar-refractivity contribution >= 4 is 5.91 Å². The van der Waals surface area contributed by atoms with E-state index in [1.807, 2.05) is 6.92 Å². The molecule has 2 N–H and O–H groups in total. The van der Waals surface area contributed by atoms with Gasteiger partial charge < -0.3 is 10.6 Å². The second kappa shape index (κ2) is 5.35. The first-order valence-electron chi connectivity index (χ1n) is 5.64. The van der Waals surface area contributed by atoms with Crippen molar-refractivity contribution in [3.05, 3.63) is 0 Å². The number of carbonyl (C=O) groups is 1. The summed E-state index contributed by atoms with van der Waals surface area (Å²) in [5.74, 6) is 0.152. The highest BCUT2D eigenvalue weighted by molar-refractivity contribution is 5.75. The Bertz CT molecular complexity index is 188. The molecule has 3 nitrogen and oxygen atoms in total. The Balaban J connectivity index is 1.96. The van der Waals surface area contributed by atoms with E-state index in [0.29, 0.717) is 11.8 Å². The van der Waals surface area contributed by atoms with Crippen molar-refractivity contribution in [1.29, 1.82) is 0 Å². The summed E-state index contributed by atoms with van der Waals surface area (Å²) in [6, 6.07) is 0. The van der Waals surface area contributed by atoms with Crippen molar-refractivity contribution in [2.24, 2.45) is 5.41 Å². The van der Waals surface area contributed by atoms with Crippen LogP contribution < -0.4 is 10.6 Å². The summed E-state index contributed by atoms with van der Waals surface area (Å²) in [5, 5.41) is 6.15. The van der Waals surface area contributed by atoms with Gasteiger partial charge in [-0.2, -0.15) is 0 Å². The maximum atomic E-state index is 11.1. The fourth-order valence-corrected chi connectivity index (χ4v) is 1.83. The van der Waals surface area contributed by atoms with Crippen LogP contribution in [0, 0.1) is 5.41 Å². The van der Waals surface area contributed by atoms with Crippen LogP contribution in [0.25, 0.3) is 0 Å². The Morgan fingerprint density at radius 2 is 2.14 bits per heavy atom. The standard InChI is InChI=1S/C11H22N2O/c1-3-13-10(14)5-8-12-9-11(2)6-4-7-11/h12H,3-9H2,1-2H3,(H,13,14). The molecule has 0 atom stereocenters. The molecule has 82 valence electrons. The first-order chi connectivity index (χ1) is 6.66. The molecule has 3 heteroatoms. The van der Waals surface area contributed by atoms with Crippen LogP contribution in [0.5, 0.6) is 0 Å². The van der Waals surface area contributed by atoms with Gasteiger partial charge in [0.2, 0.25) is 5.91 Å². The minimum atomic E-state index is 0.152. The third-order valence-corrected chi connectivity index (χ3v) is 3.02. The topological polar surface area (TPSA) is 41.1 Å². The van der Waals surface area contributed by atoms with Crippen molar-refractivity contribution in [2.75, 3.05) is 19.6 Å². The Labute approximate surface area is 86.6 Å². The summed E-state index contributed by atoms with van der Waals surface area (Å²) in [7, 11) is 0. The van der Waals surface area contributed by atoms with Gasteiger partial charge in [-0.25, -0.2) is 0 Å². The predicted octanol–water partition coefficient (Wildman–Crippen LogP) is 1.29. The van der Waals surface area contributed by atoms with Crippen LogP contribution in [0.4, 0.5) is 0 Å². The minimum absolute atomic E-state index is 0.152. The monoisotopic (exact) mass is 198 g/mol. The van der Waals surface area contributed by atoms with Crippen LogP contribution in [0.1, 0.15) is 39.5 Å². The van der Waals surface area contributed by atoms with Crippen LogP contribution in [-0.4, -0.2) is 25.5 Å². The fourth-order valence-electron chi connectivity index (χ4n) is 1.83. The summed E-state index contributed by atoms with van der Waals surface area (Å²) in [5.41, 5.74) is 0.515. The third-order valence-electron chi connectivity index (χ3n) is 3.02. The van der Waals surface area contributed by atoms with Crippen LogP contribution >= 0.6 is 0 Å². The lowest BCUT2D eigenvalue weighted by Gasteiger charge is -2.38. The minimum Gasteiger partial charge on any atom is -0.356 e. The maximum Gasteiger partial charge on any atom is 0.221 e. The SMILES string of the molecule is CCNC(=O)CCNCC1(C)CCC1. The molecule has 0 heterocycles. The second-order valence-corrected chi connectivity index (χ2v) is 4.54. The van der Waals surface area contributed by atoms with E-state index >= 15 is 0 Å². The Hall–Kier alpha value is -0.570. The summed E-state index contributed by atoms with van der Waals surface area (Å²) in [6.45, 7) is 6.86. The molecule has 14 heavy (non-hydrogen) atoms. The molecule has 0 saturated heterocycles. The van der Waals surface area contributed by atoms with Gasteiger partial charge in [-0.3, -0.25) is 4.79 Å². The highest BCUT2D eigenvalue weighted by atomic mass is 16.1. The van der Waals surface area contributed by atoms with Crippen LogP contribution in [0.2, 0.25) is 0 Å². The number of rotatable bonds is 6. The molecule has 1 saturated carbocycles. The summed E-state index contributed by atoms with van der Waals surface area (Å²) in [6.07, 6.45) is 4.64. The van der Waals surface area contributed by atoms with Crippen LogP contribution in [0.3, 0.4) is 0 Å². The summed E-state index contributed by atoms with van der Waals surface area (Å²) < 4.78 is 0. The zero-order valence-corrected chi connectivity index (χ0v) is 9.36. The van der Waals surface area contributed by atoms with Crippen molar-refractivity contribution in [2.45, 2.75) is 39.5 Å². The molecule has 0 unspecified atom stereocenters. The first kappa shape index (κ1) is 11.5. The first-order valence-corrected chi connectivity index (χ1v) is 5.64. The molecule has 1 fully saturated rings. The molecule has 1 aliphatic carbocycles. The molecule has 0 aromatic carbocycles. The van der Waals surface area contributed by atoms with E-state index in [-0.39, 0.29) is 5.91 Å². The Morgan fingerprint density at radius 1 is 1.43 bits per heavy atom. The van der Waals surface area contributed by atoms with Crippen molar-refractivity contribution < 1.29 is 4.79 Å². The second-order valence-electron chi connectivity index (χ2n) is 4.54. The average molecular weight is 198 g/mol. The van der Waals surface area contributed by atoms with E-state index in [1.54, 1.807) is 0 Å². The van der Waals surface area contributed by atoms with Gasteiger partial charge >= 0.3 is 0 Å². The lowest BCUT2D eigenvalue weighted by molar-refractivity contribution is -0.120. The molecule has 1 amide bonds. The lowest BCUT2D eigenvalue weighted by Crippen LogP contribution is -2.38. The largest absolute Gasteiger partial charge is 0.356 e. The molecule has 1 rings (SSSR count). The molecule has 1 aliphatic rings. The van der Waals surface area contributed by atoms with Gasteiger partial charge in [-0.1, -0.05) is 13.3 Å². The van der Waals surface area contributed by atoms with E-state index in [2.05, 4.69) is 17.6 Å². The van der Waals surface area contributed by atoms with Crippen molar-refractivity contribution in [1.82, 2.24) is 10.6 Å². The van der Waals surface area contributed by atoms with E-state index in [4.69, 9.17) is 0 Å². The smallest absolute Gasteiger partial charge is 0.221 e. The summed E-state index contributed by atoms with van der Waals surface area (Å²) >= 11 is 0. The normalized spacial score (nSPS) is 18.7. The zero-order valence-electron chi connectivity index (χ0n) is 9.36. The maximum absolute atomic E-state index is 11.1. The van der Waals surface area contributed by atoms with Gasteiger partial charge in [0, 0.05) is 26.1 Å². The quantitative estimate of drug-likeness (QED) is 0.631. The average Bonchev–Trinajstić information content (AvgIpc) is 2.10. The van der Waals surface area contributed by atoms with Crippen LogP contribution in [-0.2, 0) is 4.79 Å². The van der Waals surface area contributed by atoms with Gasteiger partial charge in [0.25, 0.3) is 0 Å². The number of amides is 1. The highest BCUT2D eigenvalue weighted by Crippen LogP contribution is 2.39. The molecule has 0 aromatic heterocycles. The molecule has 0 radical (unpaired) electrons. The summed E-state index contributed by atoms with van der Waals surface area (Å²) in [4.78, 5) is 11.1. The van der Waals surface area contributed by atoms with E-state index in [9.17, 15) is 4.79 Å². The predicted molar refractivity (Wildman–Crippen MR) is 58.1 cm³/mol. The molecule has 0 bridgehead atoms. The molecule has 0 aromatic rings. The van der Waals surface area contributed by atoms with E-state index < -0.39 is 0 Å². The van der Waals surface area contributed by atoms with Gasteiger partial charge in [0.15, 0.2) is 0 Å². The molecular weight excluding hydrogens is 176 g/mol. The highest BCUT2D eigenvalue weighted by Gasteiger charge is 2.30. The lowest BCUT2D eigenvalue weighted by atomic mass is 9.70. The number of hydrogen-bond acceptors (Lipinski definition) is 2. The van der Waals surface area contributed by atoms with Gasteiger partial charge in [0.1, 0.15) is 0 Å². The van der Waals surface area contributed by atoms with Crippen molar-refractivity contribution in [3.63, 3.8) is 0 Å². The van der Waals surface area contributed by atoms with Crippen molar-refractivity contribution in [3.8, 4) is 0 Å². The van der Waals surface area contributed by atoms with Gasteiger partial charge in [-0.15, -0.1) is 0 Å². The number of nitrogens with one attached hydrogen (secondary N) is 2. The molecule has 0 spiro atoms. The Morgan fingerprint density at radius 3 is 2.64 bits per heavy atom. The number of hydrogen-bond donors (Lipinski definition) is 2. The van der Waals surface area contributed by atoms with Crippen LogP contribution in [0.15, 0.2) is 0 Å². The molecular formula is C11H22N2O. The number of carbonyl (C=O) groups excluding carboxylic acids is 1. The van der Waals surface area contributed by atoms with E-state index in [1.165, 1.54) is 19.3 Å². The third kappa shape index (κ3) is 3.66. The fraction of sp³-hybridized carbons (Fsp3) is 0.909. The Kier molecular flexibility index (Phi) is 4.39. The molecule has 0 aliphatic heterocycles. The van der Waals surface area contributed by atoms with Gasteiger partial charge in [-0.05, 0) is 25.2 Å². The van der Waals surface area contributed by atoms with Gasteiger partial charge in [0.05, 0.1) is 0 Å². The van der Waals surface area contributed by atoms with E-state index in [0.717, 1.165) is 19.6 Å². The zero-order chi connectivity index (χ0) is 10.4.